The zero-order valence-corrected chi connectivity index (χ0v) is 8.86. The van der Waals surface area contributed by atoms with Crippen molar-refractivity contribution in [2.45, 2.75) is 6.36 Å². The third-order valence-corrected chi connectivity index (χ3v) is 1.81. The van der Waals surface area contributed by atoms with Gasteiger partial charge in [0, 0.05) is 0 Å². The van der Waals surface area contributed by atoms with Crippen LogP contribution in [0.3, 0.4) is 0 Å². The number of nitrogens with zero attached hydrogens (tertiary/aromatic N) is 1. The van der Waals surface area contributed by atoms with Crippen LogP contribution in [0.2, 0.25) is 0 Å². The largest absolute Gasteiger partial charge is 0.573 e. The van der Waals surface area contributed by atoms with Gasteiger partial charge in [-0.2, -0.15) is 5.26 Å². The van der Waals surface area contributed by atoms with Crippen LogP contribution in [0.25, 0.3) is 6.08 Å². The molecular formula is C11H7F3N2O2. The van der Waals surface area contributed by atoms with Crippen LogP contribution >= 0.6 is 0 Å². The summed E-state index contributed by atoms with van der Waals surface area (Å²) in [4.78, 5) is 10.7. The molecule has 2 N–H and O–H groups in total. The van der Waals surface area contributed by atoms with Crippen molar-refractivity contribution in [3.63, 3.8) is 0 Å². The van der Waals surface area contributed by atoms with E-state index in [1.165, 1.54) is 18.2 Å². The molecule has 7 heteroatoms. The van der Waals surface area contributed by atoms with Gasteiger partial charge in [-0.3, -0.25) is 4.79 Å². The number of hydrogen-bond donors (Lipinski definition) is 1. The standard InChI is InChI=1S/C11H7F3N2O2/c12-11(13,14)18-9-3-1-7(2-4-9)5-8(6-15)10(16)17/h1-5H,(H2,16,17). The summed E-state index contributed by atoms with van der Waals surface area (Å²) in [6.07, 6.45) is -3.60. The van der Waals surface area contributed by atoms with E-state index in [2.05, 4.69) is 4.74 Å². The van der Waals surface area contributed by atoms with Gasteiger partial charge in [-0.25, -0.2) is 0 Å². The molecule has 0 aliphatic carbocycles. The lowest BCUT2D eigenvalue weighted by Crippen LogP contribution is -2.17. The van der Waals surface area contributed by atoms with Gasteiger partial charge in [0.2, 0.25) is 0 Å². The lowest BCUT2D eigenvalue weighted by molar-refractivity contribution is -0.274. The zero-order valence-electron chi connectivity index (χ0n) is 8.86. The molecule has 94 valence electrons. The summed E-state index contributed by atoms with van der Waals surface area (Å²) in [6.45, 7) is 0. The van der Waals surface area contributed by atoms with Crippen molar-refractivity contribution in [1.29, 1.82) is 5.26 Å². The highest BCUT2D eigenvalue weighted by Crippen LogP contribution is 2.23. The van der Waals surface area contributed by atoms with E-state index in [9.17, 15) is 18.0 Å². The Bertz CT molecular complexity index is 513. The molecular weight excluding hydrogens is 249 g/mol. The Balaban J connectivity index is 2.91. The Morgan fingerprint density at radius 2 is 1.89 bits per heavy atom. The maximum atomic E-state index is 11.9. The summed E-state index contributed by atoms with van der Waals surface area (Å²) in [5, 5.41) is 8.57. The SMILES string of the molecule is N#CC(=Cc1ccc(OC(F)(F)F)cc1)C(N)=O. The fraction of sp³-hybridized carbons (Fsp3) is 0.0909. The van der Waals surface area contributed by atoms with Gasteiger partial charge in [-0.05, 0) is 23.8 Å². The topological polar surface area (TPSA) is 76.1 Å². The van der Waals surface area contributed by atoms with E-state index in [1.807, 2.05) is 0 Å². The maximum Gasteiger partial charge on any atom is 0.573 e. The van der Waals surface area contributed by atoms with E-state index in [-0.39, 0.29) is 5.57 Å². The Labute approximate surface area is 100 Å². The van der Waals surface area contributed by atoms with Crippen LogP contribution in [0.4, 0.5) is 13.2 Å². The van der Waals surface area contributed by atoms with Gasteiger partial charge in [0.25, 0.3) is 5.91 Å². The number of alkyl halides is 3. The molecule has 0 radical (unpaired) electrons. The van der Waals surface area contributed by atoms with Crippen molar-refractivity contribution in [3.8, 4) is 11.8 Å². The summed E-state index contributed by atoms with van der Waals surface area (Å²) in [6, 6.07) is 6.24. The average molecular weight is 256 g/mol. The number of carbonyl (C=O) groups is 1. The van der Waals surface area contributed by atoms with E-state index >= 15 is 0 Å². The number of ether oxygens (including phenoxy) is 1. The van der Waals surface area contributed by atoms with Gasteiger partial charge in [0.1, 0.15) is 17.4 Å². The second kappa shape index (κ2) is 5.23. The normalized spacial score (nSPS) is 11.8. The monoisotopic (exact) mass is 256 g/mol. The molecule has 0 heterocycles. The van der Waals surface area contributed by atoms with Gasteiger partial charge in [-0.1, -0.05) is 12.1 Å². The second-order valence-electron chi connectivity index (χ2n) is 3.15. The number of halogens is 3. The van der Waals surface area contributed by atoms with Crippen LogP contribution in [0.5, 0.6) is 5.75 Å². The zero-order chi connectivity index (χ0) is 13.8. The molecule has 4 nitrogen and oxygen atoms in total. The molecule has 0 saturated carbocycles. The van der Waals surface area contributed by atoms with Crippen LogP contribution in [-0.4, -0.2) is 12.3 Å². The van der Waals surface area contributed by atoms with Crippen molar-refractivity contribution in [3.05, 3.63) is 35.4 Å². The van der Waals surface area contributed by atoms with E-state index in [0.29, 0.717) is 5.56 Å². The molecule has 0 aliphatic rings. The Hall–Kier alpha value is -2.49. The minimum absolute atomic E-state index is 0.292. The highest BCUT2D eigenvalue weighted by atomic mass is 19.4. The number of rotatable bonds is 3. The van der Waals surface area contributed by atoms with Crippen molar-refractivity contribution in [2.24, 2.45) is 5.73 Å². The van der Waals surface area contributed by atoms with Crippen molar-refractivity contribution < 1.29 is 22.7 Å². The highest BCUT2D eigenvalue weighted by Gasteiger charge is 2.30. The van der Waals surface area contributed by atoms with Crippen molar-refractivity contribution >= 4 is 12.0 Å². The van der Waals surface area contributed by atoms with Crippen LogP contribution in [-0.2, 0) is 4.79 Å². The van der Waals surface area contributed by atoms with Crippen LogP contribution in [0.1, 0.15) is 5.56 Å². The summed E-state index contributed by atoms with van der Waals surface area (Å²) in [5.74, 6) is -1.30. The minimum Gasteiger partial charge on any atom is -0.406 e. The van der Waals surface area contributed by atoms with Gasteiger partial charge in [0.15, 0.2) is 0 Å². The molecule has 0 aliphatic heterocycles. The predicted octanol–water partition coefficient (Wildman–Crippen LogP) is 1.98. The third kappa shape index (κ3) is 4.17. The van der Waals surface area contributed by atoms with Crippen molar-refractivity contribution in [2.75, 3.05) is 0 Å². The number of carbonyl (C=O) groups excluding carboxylic acids is 1. The molecule has 0 bridgehead atoms. The van der Waals surface area contributed by atoms with Gasteiger partial charge < -0.3 is 10.5 Å². The Kier molecular flexibility index (Phi) is 3.94. The first-order valence-electron chi connectivity index (χ1n) is 4.59. The van der Waals surface area contributed by atoms with Crippen LogP contribution in [0.15, 0.2) is 29.8 Å². The molecule has 18 heavy (non-hydrogen) atoms. The average Bonchev–Trinajstić information content (AvgIpc) is 2.25. The Morgan fingerprint density at radius 1 is 1.33 bits per heavy atom. The third-order valence-electron chi connectivity index (χ3n) is 1.81. The molecule has 0 fully saturated rings. The van der Waals surface area contributed by atoms with Gasteiger partial charge in [0.05, 0.1) is 0 Å². The molecule has 1 amide bonds. The fourth-order valence-corrected chi connectivity index (χ4v) is 1.09. The number of hydrogen-bond acceptors (Lipinski definition) is 3. The lowest BCUT2D eigenvalue weighted by Gasteiger charge is -2.08. The summed E-state index contributed by atoms with van der Waals surface area (Å²) >= 11 is 0. The molecule has 0 saturated heterocycles. The highest BCUT2D eigenvalue weighted by molar-refractivity contribution is 6.00. The van der Waals surface area contributed by atoms with Crippen LogP contribution < -0.4 is 10.5 Å². The first-order valence-corrected chi connectivity index (χ1v) is 4.59. The summed E-state index contributed by atoms with van der Waals surface area (Å²) in [5.41, 5.74) is 4.97. The molecule has 1 aromatic rings. The summed E-state index contributed by atoms with van der Waals surface area (Å²) in [7, 11) is 0. The molecule has 0 spiro atoms. The number of nitriles is 1. The number of amides is 1. The number of benzene rings is 1. The molecule has 0 aromatic heterocycles. The molecule has 1 aromatic carbocycles. The van der Waals surface area contributed by atoms with Crippen LogP contribution in [0, 0.1) is 11.3 Å². The molecule has 0 atom stereocenters. The minimum atomic E-state index is -4.76. The van der Waals surface area contributed by atoms with Gasteiger partial charge in [-0.15, -0.1) is 13.2 Å². The van der Waals surface area contributed by atoms with E-state index in [4.69, 9.17) is 11.0 Å². The Morgan fingerprint density at radius 3 is 2.28 bits per heavy atom. The first kappa shape index (κ1) is 13.6. The maximum absolute atomic E-state index is 11.9. The first-order chi connectivity index (χ1) is 8.31. The predicted molar refractivity (Wildman–Crippen MR) is 55.9 cm³/mol. The lowest BCUT2D eigenvalue weighted by atomic mass is 10.1. The quantitative estimate of drug-likeness (QED) is 0.663. The van der Waals surface area contributed by atoms with Gasteiger partial charge >= 0.3 is 6.36 Å². The van der Waals surface area contributed by atoms with E-state index in [1.54, 1.807) is 6.07 Å². The molecule has 0 unspecified atom stereocenters. The van der Waals surface area contributed by atoms with E-state index < -0.39 is 18.0 Å². The smallest absolute Gasteiger partial charge is 0.406 e. The van der Waals surface area contributed by atoms with Crippen molar-refractivity contribution in [1.82, 2.24) is 0 Å². The fourth-order valence-electron chi connectivity index (χ4n) is 1.09. The molecule has 1 rings (SSSR count). The number of primary amides is 1. The van der Waals surface area contributed by atoms with E-state index in [0.717, 1.165) is 12.1 Å². The second-order valence-corrected chi connectivity index (χ2v) is 3.15. The number of nitrogens with two attached hydrogens (primary N) is 1. The summed E-state index contributed by atoms with van der Waals surface area (Å²) < 4.78 is 39.3.